The number of benzene rings is 1. The molecule has 3 nitrogen and oxygen atoms in total. The lowest BCUT2D eigenvalue weighted by atomic mass is 10.1. The SMILES string of the molecule is CCOc1cc(CNC2CC2)ccc1N1CCCCC1. The van der Waals surface area contributed by atoms with E-state index in [1.165, 1.54) is 56.4 Å². The van der Waals surface area contributed by atoms with Crippen LogP contribution in [0, 0.1) is 0 Å². The van der Waals surface area contributed by atoms with Crippen molar-refractivity contribution in [2.75, 3.05) is 24.6 Å². The topological polar surface area (TPSA) is 24.5 Å². The van der Waals surface area contributed by atoms with Crippen LogP contribution < -0.4 is 15.0 Å². The number of anilines is 1. The number of piperidine rings is 1. The molecule has 110 valence electrons. The summed E-state index contributed by atoms with van der Waals surface area (Å²) < 4.78 is 5.88. The molecular weight excluding hydrogens is 248 g/mol. The van der Waals surface area contributed by atoms with Crippen molar-refractivity contribution in [3.63, 3.8) is 0 Å². The second-order valence-corrected chi connectivity index (χ2v) is 5.94. The van der Waals surface area contributed by atoms with Crippen LogP contribution in [-0.4, -0.2) is 25.7 Å². The van der Waals surface area contributed by atoms with E-state index in [1.807, 2.05) is 0 Å². The van der Waals surface area contributed by atoms with E-state index in [2.05, 4.69) is 35.3 Å². The van der Waals surface area contributed by atoms with Gasteiger partial charge in [-0.25, -0.2) is 0 Å². The maximum atomic E-state index is 5.88. The molecule has 0 spiro atoms. The van der Waals surface area contributed by atoms with Gasteiger partial charge in [0.1, 0.15) is 5.75 Å². The zero-order valence-electron chi connectivity index (χ0n) is 12.5. The van der Waals surface area contributed by atoms with Gasteiger partial charge in [0.25, 0.3) is 0 Å². The van der Waals surface area contributed by atoms with Crippen molar-refractivity contribution in [1.82, 2.24) is 5.32 Å². The average Bonchev–Trinajstić information content (AvgIpc) is 3.31. The first-order valence-corrected chi connectivity index (χ1v) is 8.11. The number of nitrogens with zero attached hydrogens (tertiary/aromatic N) is 1. The van der Waals surface area contributed by atoms with Crippen molar-refractivity contribution in [3.8, 4) is 5.75 Å². The summed E-state index contributed by atoms with van der Waals surface area (Å²) >= 11 is 0. The molecule has 1 N–H and O–H groups in total. The molecule has 1 aliphatic heterocycles. The maximum absolute atomic E-state index is 5.88. The molecule has 20 heavy (non-hydrogen) atoms. The quantitative estimate of drug-likeness (QED) is 0.861. The van der Waals surface area contributed by atoms with E-state index >= 15 is 0 Å². The Hall–Kier alpha value is -1.22. The lowest BCUT2D eigenvalue weighted by Gasteiger charge is -2.30. The number of rotatable bonds is 6. The molecule has 0 amide bonds. The lowest BCUT2D eigenvalue weighted by molar-refractivity contribution is 0.339. The Morgan fingerprint density at radius 1 is 1.20 bits per heavy atom. The molecule has 1 aromatic rings. The Labute approximate surface area is 122 Å². The van der Waals surface area contributed by atoms with Gasteiger partial charge in [-0.15, -0.1) is 0 Å². The smallest absolute Gasteiger partial charge is 0.142 e. The van der Waals surface area contributed by atoms with E-state index < -0.39 is 0 Å². The largest absolute Gasteiger partial charge is 0.492 e. The van der Waals surface area contributed by atoms with Crippen molar-refractivity contribution in [2.24, 2.45) is 0 Å². The van der Waals surface area contributed by atoms with Crippen LogP contribution in [0.15, 0.2) is 18.2 Å². The number of hydrogen-bond donors (Lipinski definition) is 1. The number of ether oxygens (including phenoxy) is 1. The van der Waals surface area contributed by atoms with Crippen LogP contribution in [0.2, 0.25) is 0 Å². The van der Waals surface area contributed by atoms with E-state index in [0.717, 1.165) is 24.9 Å². The van der Waals surface area contributed by atoms with E-state index in [9.17, 15) is 0 Å². The van der Waals surface area contributed by atoms with Gasteiger partial charge in [0.05, 0.1) is 12.3 Å². The van der Waals surface area contributed by atoms with Gasteiger partial charge in [0.15, 0.2) is 0 Å². The van der Waals surface area contributed by atoms with Gasteiger partial charge in [-0.3, -0.25) is 0 Å². The van der Waals surface area contributed by atoms with Gasteiger partial charge >= 0.3 is 0 Å². The zero-order valence-corrected chi connectivity index (χ0v) is 12.5. The fourth-order valence-electron chi connectivity index (χ4n) is 2.89. The molecule has 0 unspecified atom stereocenters. The molecular formula is C17H26N2O. The normalized spacial score (nSPS) is 19.1. The Morgan fingerprint density at radius 2 is 2.00 bits per heavy atom. The van der Waals surface area contributed by atoms with Crippen molar-refractivity contribution in [3.05, 3.63) is 23.8 Å². The highest BCUT2D eigenvalue weighted by atomic mass is 16.5. The zero-order chi connectivity index (χ0) is 13.8. The Morgan fingerprint density at radius 3 is 2.70 bits per heavy atom. The average molecular weight is 274 g/mol. The summed E-state index contributed by atoms with van der Waals surface area (Å²) in [6.45, 7) is 6.10. The molecule has 1 aromatic carbocycles. The Balaban J connectivity index is 1.73. The highest BCUT2D eigenvalue weighted by Gasteiger charge is 2.20. The lowest BCUT2D eigenvalue weighted by Crippen LogP contribution is -2.29. The fourth-order valence-corrected chi connectivity index (χ4v) is 2.89. The van der Waals surface area contributed by atoms with Gasteiger partial charge in [-0.2, -0.15) is 0 Å². The first-order chi connectivity index (χ1) is 9.86. The van der Waals surface area contributed by atoms with Gasteiger partial charge in [0.2, 0.25) is 0 Å². The third-order valence-electron chi connectivity index (χ3n) is 4.19. The molecule has 0 bridgehead atoms. The second kappa shape index (κ2) is 6.49. The van der Waals surface area contributed by atoms with E-state index in [4.69, 9.17) is 4.74 Å². The predicted octanol–water partition coefficient (Wildman–Crippen LogP) is 3.33. The molecule has 1 saturated heterocycles. The van der Waals surface area contributed by atoms with Gasteiger partial charge in [-0.1, -0.05) is 6.07 Å². The standard InChI is InChI=1S/C17H26N2O/c1-2-20-17-12-14(13-18-15-7-8-15)6-9-16(17)19-10-4-3-5-11-19/h6,9,12,15,18H,2-5,7-8,10-11,13H2,1H3. The van der Waals surface area contributed by atoms with Crippen molar-refractivity contribution in [2.45, 2.75) is 51.6 Å². The molecule has 0 aromatic heterocycles. The summed E-state index contributed by atoms with van der Waals surface area (Å²) in [4.78, 5) is 2.48. The minimum atomic E-state index is 0.736. The predicted molar refractivity (Wildman–Crippen MR) is 83.5 cm³/mol. The highest BCUT2D eigenvalue weighted by Crippen LogP contribution is 2.32. The van der Waals surface area contributed by atoms with Crippen molar-refractivity contribution >= 4 is 5.69 Å². The van der Waals surface area contributed by atoms with E-state index in [0.29, 0.717) is 0 Å². The molecule has 2 fully saturated rings. The summed E-state index contributed by atoms with van der Waals surface area (Å²) in [5.74, 6) is 1.06. The first kappa shape index (κ1) is 13.7. The molecule has 1 heterocycles. The highest BCUT2D eigenvalue weighted by molar-refractivity contribution is 5.60. The third-order valence-corrected chi connectivity index (χ3v) is 4.19. The summed E-state index contributed by atoms with van der Waals surface area (Å²) in [7, 11) is 0. The number of hydrogen-bond acceptors (Lipinski definition) is 3. The van der Waals surface area contributed by atoms with Crippen LogP contribution in [0.4, 0.5) is 5.69 Å². The van der Waals surface area contributed by atoms with Gasteiger partial charge in [0, 0.05) is 25.7 Å². The Kier molecular flexibility index (Phi) is 4.46. The van der Waals surface area contributed by atoms with Crippen LogP contribution in [0.1, 0.15) is 44.6 Å². The molecule has 0 radical (unpaired) electrons. The minimum Gasteiger partial charge on any atom is -0.492 e. The van der Waals surface area contributed by atoms with Crippen LogP contribution in [0.5, 0.6) is 5.75 Å². The van der Waals surface area contributed by atoms with Crippen LogP contribution in [0.25, 0.3) is 0 Å². The minimum absolute atomic E-state index is 0.736. The fraction of sp³-hybridized carbons (Fsp3) is 0.647. The second-order valence-electron chi connectivity index (χ2n) is 5.94. The molecule has 3 heteroatoms. The van der Waals surface area contributed by atoms with Gasteiger partial charge in [-0.05, 0) is 56.7 Å². The third kappa shape index (κ3) is 3.45. The molecule has 0 atom stereocenters. The molecule has 1 saturated carbocycles. The van der Waals surface area contributed by atoms with Crippen LogP contribution >= 0.6 is 0 Å². The number of nitrogens with one attached hydrogen (secondary N) is 1. The van der Waals surface area contributed by atoms with Crippen molar-refractivity contribution in [1.29, 1.82) is 0 Å². The summed E-state index contributed by atoms with van der Waals surface area (Å²) in [5.41, 5.74) is 2.61. The van der Waals surface area contributed by atoms with Gasteiger partial charge < -0.3 is 15.0 Å². The van der Waals surface area contributed by atoms with Crippen LogP contribution in [-0.2, 0) is 6.54 Å². The van der Waals surface area contributed by atoms with Crippen LogP contribution in [0.3, 0.4) is 0 Å². The molecule has 2 aliphatic rings. The summed E-state index contributed by atoms with van der Waals surface area (Å²) in [6.07, 6.45) is 6.64. The summed E-state index contributed by atoms with van der Waals surface area (Å²) in [5, 5.41) is 3.57. The summed E-state index contributed by atoms with van der Waals surface area (Å²) in [6, 6.07) is 7.48. The van der Waals surface area contributed by atoms with E-state index in [1.54, 1.807) is 0 Å². The van der Waals surface area contributed by atoms with Crippen molar-refractivity contribution < 1.29 is 4.74 Å². The monoisotopic (exact) mass is 274 g/mol. The Bertz CT molecular complexity index is 437. The first-order valence-electron chi connectivity index (χ1n) is 8.11. The maximum Gasteiger partial charge on any atom is 0.142 e. The molecule has 1 aliphatic carbocycles. The molecule has 3 rings (SSSR count). The van der Waals surface area contributed by atoms with E-state index in [-0.39, 0.29) is 0 Å².